The molecule has 2 aromatic heterocycles. The molecule has 1 aliphatic heterocycles. The molecule has 0 saturated carbocycles. The minimum Gasteiger partial charge on any atom is -0.394 e. The minimum absolute atomic E-state index is 0.377. The number of halogens is 2. The Morgan fingerprint density at radius 3 is 2.72 bits per heavy atom. The number of aliphatic hydroxyl groups is 3. The van der Waals surface area contributed by atoms with E-state index < -0.39 is 36.4 Å². The predicted molar refractivity (Wildman–Crippen MR) is 110 cm³/mol. The smallest absolute Gasteiger partial charge is 0.145 e. The Morgan fingerprint density at radius 2 is 2.03 bits per heavy atom. The number of hydrogen-bond donors (Lipinski definition) is 3. The van der Waals surface area contributed by atoms with Crippen molar-refractivity contribution >= 4 is 46.3 Å². The van der Waals surface area contributed by atoms with E-state index in [1.807, 2.05) is 5.38 Å². The molecule has 4 rings (SSSR count). The van der Waals surface area contributed by atoms with Gasteiger partial charge in [-0.2, -0.15) is 0 Å². The van der Waals surface area contributed by atoms with E-state index in [1.54, 1.807) is 30.6 Å². The van der Waals surface area contributed by atoms with Crippen LogP contribution < -0.4 is 0 Å². The highest BCUT2D eigenvalue weighted by Crippen LogP contribution is 2.39. The van der Waals surface area contributed by atoms with Crippen LogP contribution in [0.4, 0.5) is 0 Å². The maximum atomic E-state index is 10.9. The molecule has 3 N–H and O–H groups in total. The van der Waals surface area contributed by atoms with Crippen LogP contribution in [-0.2, 0) is 4.74 Å². The van der Waals surface area contributed by atoms with Crippen LogP contribution in [0.3, 0.4) is 0 Å². The maximum Gasteiger partial charge on any atom is 0.145 e. The van der Waals surface area contributed by atoms with Gasteiger partial charge in [-0.3, -0.25) is 0 Å². The molecular formula is C17H16Cl2N4O4S2. The number of rotatable bonds is 5. The maximum absolute atomic E-state index is 10.9. The molecule has 0 bridgehead atoms. The minimum atomic E-state index is -1.19. The number of ether oxygens (including phenoxy) is 1. The van der Waals surface area contributed by atoms with Gasteiger partial charge in [0.15, 0.2) is 0 Å². The number of thioether (sulfide) groups is 1. The molecule has 1 aromatic carbocycles. The van der Waals surface area contributed by atoms with Crippen molar-refractivity contribution in [2.75, 3.05) is 6.61 Å². The Hall–Kier alpha value is -1.24. The summed E-state index contributed by atoms with van der Waals surface area (Å²) in [5, 5.41) is 42.7. The zero-order valence-electron chi connectivity index (χ0n) is 14.7. The third-order valence-electron chi connectivity index (χ3n) is 4.46. The average Bonchev–Trinajstić information content (AvgIpc) is 3.39. The van der Waals surface area contributed by atoms with Gasteiger partial charge in [0.2, 0.25) is 0 Å². The van der Waals surface area contributed by atoms with Crippen molar-refractivity contribution in [2.45, 2.75) is 34.7 Å². The van der Waals surface area contributed by atoms with Crippen LogP contribution in [0, 0.1) is 0 Å². The SMILES string of the molecule is OCC1OC(Sc2ccc(Cl)c(Cl)c2)[C@@H](O)C(n2cc(-c3nccs3)nn2)C1O. The van der Waals surface area contributed by atoms with E-state index in [0.717, 1.165) is 4.90 Å². The Balaban J connectivity index is 1.61. The summed E-state index contributed by atoms with van der Waals surface area (Å²) in [4.78, 5) is 4.91. The lowest BCUT2D eigenvalue weighted by Gasteiger charge is -2.41. The zero-order valence-corrected chi connectivity index (χ0v) is 17.8. The average molecular weight is 475 g/mol. The molecule has 3 aromatic rings. The zero-order chi connectivity index (χ0) is 20.5. The first kappa shape index (κ1) is 21.0. The molecule has 1 aliphatic rings. The van der Waals surface area contributed by atoms with Crippen LogP contribution in [0.5, 0.6) is 0 Å². The van der Waals surface area contributed by atoms with Crippen molar-refractivity contribution in [1.82, 2.24) is 20.0 Å². The lowest BCUT2D eigenvalue weighted by molar-refractivity contribution is -0.178. The summed E-state index contributed by atoms with van der Waals surface area (Å²) in [6.45, 7) is -0.420. The van der Waals surface area contributed by atoms with Gasteiger partial charge in [-0.15, -0.1) is 16.4 Å². The monoisotopic (exact) mass is 474 g/mol. The van der Waals surface area contributed by atoms with Gasteiger partial charge in [-0.1, -0.05) is 40.2 Å². The molecule has 1 saturated heterocycles. The highest BCUT2D eigenvalue weighted by molar-refractivity contribution is 7.99. The number of aliphatic hydroxyl groups excluding tert-OH is 3. The largest absolute Gasteiger partial charge is 0.394 e. The van der Waals surface area contributed by atoms with E-state index in [1.165, 1.54) is 27.8 Å². The Labute approximate surface area is 184 Å². The van der Waals surface area contributed by atoms with Crippen molar-refractivity contribution in [3.05, 3.63) is 46.0 Å². The summed E-state index contributed by atoms with van der Waals surface area (Å²) < 4.78 is 7.12. The number of benzene rings is 1. The summed E-state index contributed by atoms with van der Waals surface area (Å²) >= 11 is 14.6. The van der Waals surface area contributed by atoms with Gasteiger partial charge in [0, 0.05) is 16.5 Å². The van der Waals surface area contributed by atoms with E-state index in [0.29, 0.717) is 20.7 Å². The van der Waals surface area contributed by atoms with Crippen molar-refractivity contribution < 1.29 is 20.1 Å². The van der Waals surface area contributed by atoms with Crippen LogP contribution >= 0.6 is 46.3 Å². The van der Waals surface area contributed by atoms with Crippen LogP contribution in [0.2, 0.25) is 10.0 Å². The molecule has 1 fully saturated rings. The van der Waals surface area contributed by atoms with Gasteiger partial charge < -0.3 is 20.1 Å². The summed E-state index contributed by atoms with van der Waals surface area (Å²) in [7, 11) is 0. The summed E-state index contributed by atoms with van der Waals surface area (Å²) in [6.07, 6.45) is 0.0280. The molecule has 12 heteroatoms. The fraction of sp³-hybridized carbons (Fsp3) is 0.353. The van der Waals surface area contributed by atoms with Crippen molar-refractivity contribution in [2.24, 2.45) is 0 Å². The molecule has 8 nitrogen and oxygen atoms in total. The van der Waals surface area contributed by atoms with E-state index in [2.05, 4.69) is 15.3 Å². The number of aromatic nitrogens is 4. The number of hydrogen-bond acceptors (Lipinski definition) is 9. The third kappa shape index (κ3) is 4.30. The summed E-state index contributed by atoms with van der Waals surface area (Å²) in [5.74, 6) is 0. The van der Waals surface area contributed by atoms with E-state index in [-0.39, 0.29) is 0 Å². The quantitative estimate of drug-likeness (QED) is 0.516. The van der Waals surface area contributed by atoms with Crippen LogP contribution in [0.1, 0.15) is 6.04 Å². The lowest BCUT2D eigenvalue weighted by atomic mass is 9.97. The van der Waals surface area contributed by atoms with Gasteiger partial charge in [0.1, 0.15) is 40.5 Å². The molecule has 0 spiro atoms. The highest BCUT2D eigenvalue weighted by Gasteiger charge is 2.46. The normalized spacial score (nSPS) is 27.3. The van der Waals surface area contributed by atoms with Crippen LogP contribution in [-0.4, -0.2) is 65.7 Å². The Bertz CT molecular complexity index is 974. The van der Waals surface area contributed by atoms with Crippen LogP contribution in [0.15, 0.2) is 40.9 Å². The number of nitrogens with zero attached hydrogens (tertiary/aromatic N) is 4. The fourth-order valence-electron chi connectivity index (χ4n) is 3.03. The Kier molecular flexibility index (Phi) is 6.42. The van der Waals surface area contributed by atoms with E-state index in [9.17, 15) is 15.3 Å². The van der Waals surface area contributed by atoms with Gasteiger partial charge in [-0.25, -0.2) is 9.67 Å². The second kappa shape index (κ2) is 8.86. The lowest BCUT2D eigenvalue weighted by Crippen LogP contribution is -2.55. The molecule has 154 valence electrons. The number of thiazole rings is 1. The van der Waals surface area contributed by atoms with Crippen molar-refractivity contribution in [3.63, 3.8) is 0 Å². The third-order valence-corrected chi connectivity index (χ3v) is 7.14. The molecule has 0 amide bonds. The first-order valence-electron chi connectivity index (χ1n) is 8.54. The molecule has 29 heavy (non-hydrogen) atoms. The molecule has 0 radical (unpaired) electrons. The first-order valence-corrected chi connectivity index (χ1v) is 11.1. The van der Waals surface area contributed by atoms with Gasteiger partial charge in [-0.05, 0) is 18.2 Å². The Morgan fingerprint density at radius 1 is 1.21 bits per heavy atom. The standard InChI is InChI=1S/C17H16Cl2N4O4S2/c18-9-2-1-8(5-10(9)19)29-17-15(26)13(14(25)12(7-24)27-17)23-6-11(21-22-23)16-20-3-4-28-16/h1-6,12-15,17,24-26H,7H2/t12?,13?,14?,15-,17?/m0/s1. The van der Waals surface area contributed by atoms with Gasteiger partial charge >= 0.3 is 0 Å². The molecule has 0 aliphatic carbocycles. The summed E-state index contributed by atoms with van der Waals surface area (Å²) in [6, 6.07) is 4.19. The van der Waals surface area contributed by atoms with E-state index >= 15 is 0 Å². The first-order chi connectivity index (χ1) is 14.0. The molecule has 4 unspecified atom stereocenters. The topological polar surface area (TPSA) is 114 Å². The van der Waals surface area contributed by atoms with Crippen LogP contribution in [0.25, 0.3) is 10.7 Å². The fourth-order valence-corrected chi connectivity index (χ4v) is 5.08. The van der Waals surface area contributed by atoms with Crippen molar-refractivity contribution in [1.29, 1.82) is 0 Å². The molecule has 3 heterocycles. The van der Waals surface area contributed by atoms with E-state index in [4.69, 9.17) is 27.9 Å². The molecule has 5 atom stereocenters. The second-order valence-corrected chi connectivity index (χ2v) is 9.19. The summed E-state index contributed by atoms with van der Waals surface area (Å²) in [5.41, 5.74) is -0.259. The highest BCUT2D eigenvalue weighted by atomic mass is 35.5. The van der Waals surface area contributed by atoms with Gasteiger partial charge in [0.25, 0.3) is 0 Å². The second-order valence-electron chi connectivity index (χ2n) is 6.31. The molecular weight excluding hydrogens is 459 g/mol. The van der Waals surface area contributed by atoms with Gasteiger partial charge in [0.05, 0.1) is 22.8 Å². The van der Waals surface area contributed by atoms with Crippen molar-refractivity contribution in [3.8, 4) is 10.7 Å². The predicted octanol–water partition coefficient (Wildman–Crippen LogP) is 2.48.